The predicted molar refractivity (Wildman–Crippen MR) is 107 cm³/mol. The summed E-state index contributed by atoms with van der Waals surface area (Å²) < 4.78 is 11.4. The lowest BCUT2D eigenvalue weighted by Gasteiger charge is -2.16. The van der Waals surface area contributed by atoms with Gasteiger partial charge in [-0.15, -0.1) is 0 Å². The Kier molecular flexibility index (Phi) is 7.47. The lowest BCUT2D eigenvalue weighted by atomic mass is 10.2. The van der Waals surface area contributed by atoms with Crippen molar-refractivity contribution in [2.24, 2.45) is 5.10 Å². The highest BCUT2D eigenvalue weighted by atomic mass is 79.9. The van der Waals surface area contributed by atoms with Crippen molar-refractivity contribution < 1.29 is 14.3 Å². The Balaban J connectivity index is 1.98. The fourth-order valence-corrected chi connectivity index (χ4v) is 2.71. The summed E-state index contributed by atoms with van der Waals surface area (Å²) in [5.41, 5.74) is 4.22. The molecule has 0 saturated carbocycles. The fourth-order valence-electron chi connectivity index (χ4n) is 2.31. The molecule has 2 aromatic rings. The molecule has 1 amide bonds. The van der Waals surface area contributed by atoms with E-state index in [2.05, 4.69) is 31.8 Å². The molecule has 2 N–H and O–H groups in total. The smallest absolute Gasteiger partial charge is 0.262 e. The number of hydrogen-bond donors (Lipinski definition) is 2. The molecule has 0 spiro atoms. The molecular formula is C19H22BrN3O3. The first-order valence-corrected chi connectivity index (χ1v) is 8.93. The Labute approximate surface area is 161 Å². The van der Waals surface area contributed by atoms with Crippen LogP contribution in [0.4, 0.5) is 5.69 Å². The van der Waals surface area contributed by atoms with E-state index in [-0.39, 0.29) is 11.9 Å². The van der Waals surface area contributed by atoms with E-state index in [4.69, 9.17) is 9.47 Å². The van der Waals surface area contributed by atoms with Crippen molar-refractivity contribution in [3.63, 3.8) is 0 Å². The molecule has 0 unspecified atom stereocenters. The summed E-state index contributed by atoms with van der Waals surface area (Å²) in [5.74, 6) is 1.03. The predicted octanol–water partition coefficient (Wildman–Crippen LogP) is 3.81. The van der Waals surface area contributed by atoms with Crippen molar-refractivity contribution in [2.75, 3.05) is 19.5 Å². The van der Waals surface area contributed by atoms with Crippen LogP contribution in [0.5, 0.6) is 11.5 Å². The molecule has 0 aliphatic carbocycles. The Hall–Kier alpha value is -2.54. The minimum atomic E-state index is -0.383. The maximum Gasteiger partial charge on any atom is 0.262 e. The van der Waals surface area contributed by atoms with Crippen LogP contribution in [-0.4, -0.2) is 32.4 Å². The molecule has 0 bridgehead atoms. The average Bonchev–Trinajstić information content (AvgIpc) is 2.65. The van der Waals surface area contributed by atoms with Crippen LogP contribution in [0.1, 0.15) is 18.9 Å². The van der Waals surface area contributed by atoms with Gasteiger partial charge in [-0.05, 0) is 48.4 Å². The van der Waals surface area contributed by atoms with Gasteiger partial charge in [0.25, 0.3) is 5.91 Å². The normalized spacial score (nSPS) is 11.8. The Morgan fingerprint density at radius 2 is 1.96 bits per heavy atom. The van der Waals surface area contributed by atoms with Gasteiger partial charge >= 0.3 is 0 Å². The highest BCUT2D eigenvalue weighted by Gasteiger charge is 2.15. The molecule has 138 valence electrons. The molecule has 6 nitrogen and oxygen atoms in total. The van der Waals surface area contributed by atoms with E-state index in [9.17, 15) is 4.79 Å². The Bertz CT molecular complexity index is 780. The second kappa shape index (κ2) is 9.82. The second-order valence-corrected chi connectivity index (χ2v) is 6.38. The van der Waals surface area contributed by atoms with E-state index in [0.717, 1.165) is 15.7 Å². The van der Waals surface area contributed by atoms with Crippen molar-refractivity contribution in [3.05, 3.63) is 52.5 Å². The van der Waals surface area contributed by atoms with Crippen LogP contribution in [0, 0.1) is 0 Å². The number of anilines is 1. The van der Waals surface area contributed by atoms with Crippen LogP contribution >= 0.6 is 15.9 Å². The van der Waals surface area contributed by atoms with E-state index in [1.54, 1.807) is 32.6 Å². The topological polar surface area (TPSA) is 72.0 Å². The van der Waals surface area contributed by atoms with E-state index in [0.29, 0.717) is 17.9 Å². The van der Waals surface area contributed by atoms with Crippen LogP contribution < -0.4 is 20.2 Å². The zero-order valence-electron chi connectivity index (χ0n) is 15.0. The first-order valence-electron chi connectivity index (χ1n) is 8.14. The molecule has 0 aromatic heterocycles. The first kappa shape index (κ1) is 19.8. The molecule has 7 heteroatoms. The number of halogens is 1. The van der Waals surface area contributed by atoms with Crippen LogP contribution in [0.2, 0.25) is 0 Å². The van der Waals surface area contributed by atoms with Crippen LogP contribution in [0.15, 0.2) is 52.0 Å². The molecule has 0 heterocycles. The van der Waals surface area contributed by atoms with Gasteiger partial charge in [-0.2, -0.15) is 5.10 Å². The molecule has 2 rings (SSSR count). The summed E-state index contributed by atoms with van der Waals surface area (Å²) in [6.45, 7) is 1.94. The van der Waals surface area contributed by atoms with Gasteiger partial charge in [0.2, 0.25) is 0 Å². The molecule has 2 aromatic carbocycles. The summed E-state index contributed by atoms with van der Waals surface area (Å²) >= 11 is 3.42. The lowest BCUT2D eigenvalue weighted by molar-refractivity contribution is -0.121. The summed E-state index contributed by atoms with van der Waals surface area (Å²) in [6.07, 6.45) is 2.19. The number of hydrogen-bond acceptors (Lipinski definition) is 5. The number of carbonyl (C=O) groups is 1. The van der Waals surface area contributed by atoms with Crippen molar-refractivity contribution in [1.82, 2.24) is 5.43 Å². The van der Waals surface area contributed by atoms with Gasteiger partial charge in [0, 0.05) is 10.2 Å². The molecule has 0 aliphatic rings. The van der Waals surface area contributed by atoms with Gasteiger partial charge in [-0.3, -0.25) is 4.79 Å². The maximum atomic E-state index is 12.3. The minimum Gasteiger partial charge on any atom is -0.493 e. The third-order valence-electron chi connectivity index (χ3n) is 3.69. The van der Waals surface area contributed by atoms with E-state index in [1.165, 1.54) is 0 Å². The molecular weight excluding hydrogens is 398 g/mol. The number of benzene rings is 2. The summed E-state index contributed by atoms with van der Waals surface area (Å²) in [5, 5.41) is 7.23. The van der Waals surface area contributed by atoms with Crippen LogP contribution in [0.3, 0.4) is 0 Å². The SMILES string of the molecule is CC[C@@H](Nc1cccc(Br)c1)C(=O)N/N=C\c1ccc(OC)c(OC)c1. The molecule has 26 heavy (non-hydrogen) atoms. The van der Waals surface area contributed by atoms with E-state index < -0.39 is 0 Å². The van der Waals surface area contributed by atoms with Gasteiger partial charge in [0.05, 0.1) is 20.4 Å². The molecule has 0 saturated heterocycles. The fraction of sp³-hybridized carbons (Fsp3) is 0.263. The quantitative estimate of drug-likeness (QED) is 0.503. The average molecular weight is 420 g/mol. The summed E-state index contributed by atoms with van der Waals surface area (Å²) in [7, 11) is 3.15. The first-order chi connectivity index (χ1) is 12.6. The lowest BCUT2D eigenvalue weighted by Crippen LogP contribution is -2.36. The van der Waals surface area contributed by atoms with E-state index in [1.807, 2.05) is 37.3 Å². The number of nitrogens with one attached hydrogen (secondary N) is 2. The van der Waals surface area contributed by atoms with Crippen LogP contribution in [-0.2, 0) is 4.79 Å². The largest absolute Gasteiger partial charge is 0.493 e. The number of amides is 1. The van der Waals surface area contributed by atoms with Crippen molar-refractivity contribution in [1.29, 1.82) is 0 Å². The number of methoxy groups -OCH3 is 2. The van der Waals surface area contributed by atoms with Crippen LogP contribution in [0.25, 0.3) is 0 Å². The highest BCUT2D eigenvalue weighted by Crippen LogP contribution is 2.26. The molecule has 0 radical (unpaired) electrons. The number of rotatable bonds is 8. The molecule has 0 aliphatic heterocycles. The number of carbonyl (C=O) groups excluding carboxylic acids is 1. The Morgan fingerprint density at radius 1 is 1.19 bits per heavy atom. The monoisotopic (exact) mass is 419 g/mol. The van der Waals surface area contributed by atoms with Gasteiger partial charge in [0.15, 0.2) is 11.5 Å². The Morgan fingerprint density at radius 3 is 2.62 bits per heavy atom. The van der Waals surface area contributed by atoms with Gasteiger partial charge in [-0.25, -0.2) is 5.43 Å². The van der Waals surface area contributed by atoms with Gasteiger partial charge in [0.1, 0.15) is 6.04 Å². The highest BCUT2D eigenvalue weighted by molar-refractivity contribution is 9.10. The third-order valence-corrected chi connectivity index (χ3v) is 4.18. The standard InChI is InChI=1S/C19H22BrN3O3/c1-4-16(22-15-7-5-6-14(20)11-15)19(24)23-21-12-13-8-9-17(25-2)18(10-13)26-3/h5-12,16,22H,4H2,1-3H3,(H,23,24)/b21-12-/t16-/m1/s1. The second-order valence-electron chi connectivity index (χ2n) is 5.46. The number of ether oxygens (including phenoxy) is 2. The van der Waals surface area contributed by atoms with Crippen molar-refractivity contribution in [2.45, 2.75) is 19.4 Å². The van der Waals surface area contributed by atoms with Gasteiger partial charge in [-0.1, -0.05) is 28.9 Å². The zero-order chi connectivity index (χ0) is 18.9. The van der Waals surface area contributed by atoms with Crippen molar-refractivity contribution in [3.8, 4) is 11.5 Å². The molecule has 1 atom stereocenters. The maximum absolute atomic E-state index is 12.3. The third kappa shape index (κ3) is 5.49. The number of hydrazone groups is 1. The zero-order valence-corrected chi connectivity index (χ0v) is 16.5. The summed E-state index contributed by atoms with van der Waals surface area (Å²) in [6, 6.07) is 12.7. The van der Waals surface area contributed by atoms with E-state index >= 15 is 0 Å². The number of nitrogens with zero attached hydrogens (tertiary/aromatic N) is 1. The summed E-state index contributed by atoms with van der Waals surface area (Å²) in [4.78, 5) is 12.3. The van der Waals surface area contributed by atoms with Gasteiger partial charge < -0.3 is 14.8 Å². The molecule has 0 fully saturated rings. The minimum absolute atomic E-state index is 0.204. The van der Waals surface area contributed by atoms with Crippen molar-refractivity contribution >= 4 is 33.7 Å².